The number of carbonyl (C=O) groups is 9. The van der Waals surface area contributed by atoms with Gasteiger partial charge in [-0.2, -0.15) is 0 Å². The van der Waals surface area contributed by atoms with Gasteiger partial charge in [0.05, 0.1) is 36.2 Å². The van der Waals surface area contributed by atoms with Crippen molar-refractivity contribution in [2.24, 2.45) is 11.7 Å². The number of primary amides is 1. The maximum atomic E-state index is 15.7. The zero-order chi connectivity index (χ0) is 70.3. The van der Waals surface area contributed by atoms with Crippen molar-refractivity contribution in [3.63, 3.8) is 0 Å². The van der Waals surface area contributed by atoms with Crippen molar-refractivity contribution >= 4 is 82.0 Å². The van der Waals surface area contributed by atoms with Crippen LogP contribution in [0.1, 0.15) is 127 Å². The minimum atomic E-state index is -1.62. The van der Waals surface area contributed by atoms with Crippen molar-refractivity contribution in [2.45, 2.75) is 152 Å². The standard InChI is InChI=1S/C70H83N11O17S/c1-34(2)54(77-48(83)17-9-8-12-25-80-49(84)22-23-50(80)85)65(88)76-45(16-13-24-72-68(71)91)64(87)74-40-20-18-38(19-21-40)30-95-69(92)73-29-41-28-43-42-14-10-11-15-44(42)75-63(43)70(78-41)32-99-62-53-52(61-60(96-33-97-61)36(4)59(53)98-37(5)82)47(31-94-67(70)90)81-56(62)55-51-39(27-46(66(81)89)79(55)6)26-35(3)58(93-7)57(51)86/h10-11,14-15,18-23,26,34,41,45-47,54-56,62,66,75,78,86,89H,8-9,12-13,16-17,24-25,27-33H2,1-7H3,(H,73,92)(H,74,87)(H,76,88)(H,77,83)(H3,71,72,91)/t41-,45+,46+,47+,54+,55-,56-,62-,66+,70-/m1/s1. The number of H-pyrrole nitrogens is 1. The van der Waals surface area contributed by atoms with E-state index in [1.54, 1.807) is 45.0 Å². The molecule has 8 aliphatic heterocycles. The number of piperazine rings is 1. The molecule has 13 rings (SSSR count). The van der Waals surface area contributed by atoms with Crippen LogP contribution in [-0.2, 0) is 68.0 Å². The first-order chi connectivity index (χ1) is 47.5. The number of ether oxygens (including phenoxy) is 6. The Labute approximate surface area is 575 Å². The summed E-state index contributed by atoms with van der Waals surface area (Å²) < 4.78 is 36.9. The number of phenolic OH excluding ortho intramolecular Hbond substituents is 1. The molecule has 4 bridgehead atoms. The van der Waals surface area contributed by atoms with Gasteiger partial charge in [-0.1, -0.05) is 56.7 Å². The molecule has 9 heterocycles. The molecule has 526 valence electrons. The lowest BCUT2D eigenvalue weighted by molar-refractivity contribution is -0.186. The molecule has 1 aromatic heterocycles. The predicted octanol–water partition coefficient (Wildman–Crippen LogP) is 4.97. The van der Waals surface area contributed by atoms with Gasteiger partial charge in [0, 0.05) is 102 Å². The summed E-state index contributed by atoms with van der Waals surface area (Å²) in [5.41, 5.74) is 10.6. The largest absolute Gasteiger partial charge is 0.504 e. The van der Waals surface area contributed by atoms with Gasteiger partial charge in [0.1, 0.15) is 37.3 Å². The van der Waals surface area contributed by atoms with Gasteiger partial charge >= 0.3 is 24.1 Å². The number of aliphatic hydroxyl groups is 1. The number of phenols is 1. The van der Waals surface area contributed by atoms with E-state index in [9.17, 15) is 48.6 Å². The fourth-order valence-corrected chi connectivity index (χ4v) is 16.9. The summed E-state index contributed by atoms with van der Waals surface area (Å²) >= 11 is 1.40. The number of aromatic nitrogens is 1. The average Bonchev–Trinajstić information content (AvgIpc) is 1.17. The molecule has 99 heavy (non-hydrogen) atoms. The lowest BCUT2D eigenvalue weighted by Crippen LogP contribution is -2.70. The molecule has 28 nitrogen and oxygen atoms in total. The van der Waals surface area contributed by atoms with Crippen molar-refractivity contribution in [3.8, 4) is 28.7 Å². The number of likely N-dealkylation sites (N-methyl/N-ethyl adjacent to an activating group) is 1. The Bertz CT molecular complexity index is 4070. The molecule has 10 atom stereocenters. The highest BCUT2D eigenvalue weighted by molar-refractivity contribution is 7.99. The Hall–Kier alpha value is -9.42. The number of para-hydroxylation sites is 1. The number of aliphatic hydroxyl groups excluding tert-OH is 1. The van der Waals surface area contributed by atoms with Crippen LogP contribution in [0, 0.1) is 19.8 Å². The van der Waals surface area contributed by atoms with Gasteiger partial charge < -0.3 is 75.9 Å². The number of nitrogens with zero attached hydrogens (tertiary/aromatic N) is 3. The number of fused-ring (bicyclic) bond motifs is 11. The number of esters is 2. The summed E-state index contributed by atoms with van der Waals surface area (Å²) in [5.74, 6) is -2.60. The molecule has 2 saturated heterocycles. The fourth-order valence-electron chi connectivity index (χ4n) is 15.2. The number of urea groups is 1. The lowest BCUT2D eigenvalue weighted by atomic mass is 9.73. The molecule has 8 aliphatic rings. The van der Waals surface area contributed by atoms with Crippen molar-refractivity contribution in [3.05, 3.63) is 117 Å². The first kappa shape index (κ1) is 69.5. The quantitative estimate of drug-likeness (QED) is 0.0189. The number of hydrogen-bond acceptors (Lipinski definition) is 21. The van der Waals surface area contributed by atoms with Crippen LogP contribution in [-0.4, -0.2) is 173 Å². The highest BCUT2D eigenvalue weighted by Gasteiger charge is 2.62. The molecular weight excluding hydrogens is 1300 g/mol. The van der Waals surface area contributed by atoms with Gasteiger partial charge in [0.15, 0.2) is 28.5 Å². The minimum Gasteiger partial charge on any atom is -0.504 e. The molecule has 0 aliphatic carbocycles. The smallest absolute Gasteiger partial charge is 0.407 e. The number of anilines is 1. The molecule has 8 amide bonds. The summed E-state index contributed by atoms with van der Waals surface area (Å²) in [4.78, 5) is 128. The maximum Gasteiger partial charge on any atom is 0.407 e. The van der Waals surface area contributed by atoms with Crippen molar-refractivity contribution in [2.75, 3.05) is 58.3 Å². The highest BCUT2D eigenvalue weighted by Crippen LogP contribution is 2.64. The van der Waals surface area contributed by atoms with Gasteiger partial charge in [-0.3, -0.25) is 48.8 Å². The van der Waals surface area contributed by atoms with Crippen LogP contribution in [0.3, 0.4) is 0 Å². The van der Waals surface area contributed by atoms with E-state index < -0.39 is 95.2 Å². The third-order valence-corrected chi connectivity index (χ3v) is 21.3. The second-order valence-corrected chi connectivity index (χ2v) is 27.7. The van der Waals surface area contributed by atoms with E-state index in [1.165, 1.54) is 37.9 Å². The summed E-state index contributed by atoms with van der Waals surface area (Å²) in [6.07, 6.45) is 3.20. The first-order valence-corrected chi connectivity index (χ1v) is 34.4. The number of alkyl carbamates (subject to hydrolysis) is 1. The normalized spacial score (nSPS) is 23.3. The highest BCUT2D eigenvalue weighted by atomic mass is 32.2. The molecule has 4 aromatic carbocycles. The Balaban J connectivity index is 0.747. The number of aromatic amines is 1. The van der Waals surface area contributed by atoms with E-state index in [4.69, 9.17) is 34.2 Å². The van der Waals surface area contributed by atoms with Crippen LogP contribution in [0.25, 0.3) is 10.9 Å². The monoisotopic (exact) mass is 1380 g/mol. The number of nitrogens with one attached hydrogen (secondary N) is 7. The SMILES string of the molecule is COc1c(C)cc2c(c1O)[C@@H]1[C@@H]3[C@@H]4SC[C@]5(N[C@@H](CNC(=O)OCc6ccc(NC(=O)[C@H](CCCNC(N)=O)NC(=O)[C@@H](NC(=O)CCCCCN7C(=O)C=CC7=O)C(C)C)cc6)Cc6c5[nH]c5ccccc65)C(=O)OC[C@@H](c5c6c(c(C)c(OC(C)=O)c54)OCO6)N3[C@@H](O)[C@H](C2)N1C. The second-order valence-electron chi connectivity index (χ2n) is 26.5. The van der Waals surface area contributed by atoms with Gasteiger partial charge in [0.25, 0.3) is 11.8 Å². The summed E-state index contributed by atoms with van der Waals surface area (Å²) in [6.45, 7) is 8.21. The molecule has 5 aromatic rings. The van der Waals surface area contributed by atoms with Crippen molar-refractivity contribution < 1.29 is 81.8 Å². The van der Waals surface area contributed by atoms with E-state index in [0.29, 0.717) is 88.6 Å². The molecule has 0 unspecified atom stereocenters. The zero-order valence-electron chi connectivity index (χ0n) is 56.1. The van der Waals surface area contributed by atoms with Gasteiger partial charge in [-0.15, -0.1) is 11.8 Å². The second kappa shape index (κ2) is 28.8. The zero-order valence-corrected chi connectivity index (χ0v) is 56.9. The van der Waals surface area contributed by atoms with E-state index in [1.807, 2.05) is 49.2 Å². The number of rotatable bonds is 22. The van der Waals surface area contributed by atoms with Crippen molar-refractivity contribution in [1.82, 2.24) is 46.3 Å². The number of methoxy groups -OCH3 is 1. The Morgan fingerprint density at radius 1 is 0.879 bits per heavy atom. The number of aromatic hydroxyl groups is 1. The summed E-state index contributed by atoms with van der Waals surface area (Å²) in [5, 5.41) is 42.8. The molecule has 11 N–H and O–H groups in total. The third-order valence-electron chi connectivity index (χ3n) is 19.9. The average molecular weight is 1380 g/mol. The Morgan fingerprint density at radius 3 is 2.35 bits per heavy atom. The van der Waals surface area contributed by atoms with Crippen LogP contribution in [0.4, 0.5) is 15.3 Å². The van der Waals surface area contributed by atoms with Crippen molar-refractivity contribution in [1.29, 1.82) is 0 Å². The Morgan fingerprint density at radius 2 is 1.63 bits per heavy atom. The van der Waals surface area contributed by atoms with Gasteiger partial charge in [-0.05, 0) is 106 Å². The summed E-state index contributed by atoms with van der Waals surface area (Å²) in [7, 11) is 3.44. The number of benzene rings is 4. The Kier molecular flexibility index (Phi) is 20.2. The van der Waals surface area contributed by atoms with Crippen LogP contribution < -0.4 is 56.6 Å². The van der Waals surface area contributed by atoms with Crippen LogP contribution >= 0.6 is 11.8 Å². The molecule has 0 saturated carbocycles. The van der Waals surface area contributed by atoms with Crippen LogP contribution in [0.15, 0.2) is 66.7 Å². The van der Waals surface area contributed by atoms with Crippen LogP contribution in [0.5, 0.6) is 28.7 Å². The van der Waals surface area contributed by atoms with E-state index in [-0.39, 0.29) is 99.8 Å². The number of thioether (sulfide) groups is 1. The number of imide groups is 1. The lowest BCUT2D eigenvalue weighted by Gasteiger charge is -2.62. The maximum absolute atomic E-state index is 15.7. The third kappa shape index (κ3) is 13.5. The molecule has 2 fully saturated rings. The fraction of sp³-hybridized carbons (Fsp3) is 0.471. The number of aryl methyl sites for hydroxylation is 1. The molecular formula is C70H83N11O17S. The number of amides is 8. The molecule has 1 spiro atoms. The van der Waals surface area contributed by atoms with Gasteiger partial charge in [0.2, 0.25) is 24.5 Å². The van der Waals surface area contributed by atoms with E-state index in [2.05, 4.69) is 41.8 Å². The molecule has 29 heteroatoms. The minimum absolute atomic E-state index is 0.0122. The summed E-state index contributed by atoms with van der Waals surface area (Å²) in [6, 6.07) is 10.0. The van der Waals surface area contributed by atoms with E-state index in [0.717, 1.165) is 32.5 Å². The number of nitrogens with two attached hydrogens (primary N) is 1. The van der Waals surface area contributed by atoms with Gasteiger partial charge in [-0.25, -0.2) is 14.4 Å². The molecule has 0 radical (unpaired) electrons. The number of unbranched alkanes of at least 4 members (excludes halogenated alkanes) is 2. The van der Waals surface area contributed by atoms with Crippen LogP contribution in [0.2, 0.25) is 0 Å². The number of hydrogen-bond donors (Lipinski definition) is 10. The number of carbonyl (C=O) groups excluding carboxylic acids is 9. The van der Waals surface area contributed by atoms with E-state index >= 15 is 4.79 Å². The first-order valence-electron chi connectivity index (χ1n) is 33.3. The predicted molar refractivity (Wildman–Crippen MR) is 360 cm³/mol. The topological polar surface area (TPSA) is 373 Å².